The first-order valence-electron chi connectivity index (χ1n) is 4.75. The number of hydrogen-bond acceptors (Lipinski definition) is 1. The number of halogens is 13. The van der Waals surface area contributed by atoms with Crippen LogP contribution in [0.15, 0.2) is 30.3 Å². The summed E-state index contributed by atoms with van der Waals surface area (Å²) in [5, 5.41) is 8.63. The molecule has 1 aromatic carbocycles. The van der Waals surface area contributed by atoms with E-state index in [1.807, 2.05) is 6.07 Å². The van der Waals surface area contributed by atoms with E-state index in [0.717, 1.165) is 0 Å². The second kappa shape index (κ2) is 16.8. The Kier molecular flexibility index (Phi) is 24.7. The molecular weight excluding hydrogens is 423 g/mol. The van der Waals surface area contributed by atoms with Gasteiger partial charge < -0.3 is 56.9 Å². The van der Waals surface area contributed by atoms with Crippen molar-refractivity contribution in [1.82, 2.24) is 0 Å². The molecule has 1 N–H and O–H groups in total. The van der Waals surface area contributed by atoms with Crippen LogP contribution in [0.3, 0.4) is 0 Å². The van der Waals surface area contributed by atoms with Gasteiger partial charge in [-0.3, -0.25) is 0 Å². The van der Waals surface area contributed by atoms with Gasteiger partial charge in [-0.15, -0.1) is 12.4 Å². The van der Waals surface area contributed by atoms with E-state index in [0.29, 0.717) is 5.75 Å². The topological polar surface area (TPSA) is 20.2 Å². The Labute approximate surface area is 177 Å². The average molecular weight is 431 g/mol. The van der Waals surface area contributed by atoms with E-state index in [1.54, 1.807) is 24.3 Å². The third-order valence-electron chi connectivity index (χ3n) is 0.756. The van der Waals surface area contributed by atoms with Crippen molar-refractivity contribution in [1.29, 1.82) is 0 Å². The van der Waals surface area contributed by atoms with Crippen LogP contribution in [-0.4, -0.2) is 78.3 Å². The van der Waals surface area contributed by atoms with Crippen LogP contribution in [0.1, 0.15) is 0 Å². The minimum atomic E-state index is -6.00. The van der Waals surface area contributed by atoms with Gasteiger partial charge in [0.25, 0.3) is 0 Å². The van der Waals surface area contributed by atoms with E-state index in [4.69, 9.17) is 5.11 Å². The first-order chi connectivity index (χ1) is 9.39. The molecule has 0 radical (unpaired) electrons. The summed E-state index contributed by atoms with van der Waals surface area (Å²) in [6.07, 6.45) is 0. The van der Waals surface area contributed by atoms with E-state index in [-0.39, 0.29) is 63.8 Å². The Morgan fingerprint density at radius 1 is 0.542 bits per heavy atom. The van der Waals surface area contributed by atoms with Gasteiger partial charge in [-0.1, -0.05) is 18.2 Å². The molecule has 142 valence electrons. The van der Waals surface area contributed by atoms with Gasteiger partial charge in [0, 0.05) is 0 Å². The summed E-state index contributed by atoms with van der Waals surface area (Å²) in [4.78, 5) is 0. The van der Waals surface area contributed by atoms with Crippen molar-refractivity contribution in [2.75, 3.05) is 0 Å². The molecule has 1 aromatic rings. The van der Waals surface area contributed by atoms with Gasteiger partial charge in [-0.25, -0.2) is 0 Å². The Hall–Kier alpha value is 0.301. The number of rotatable bonds is 0. The zero-order valence-electron chi connectivity index (χ0n) is 10.5. The molecule has 0 bridgehead atoms. The third-order valence-corrected chi connectivity index (χ3v) is 0.756. The van der Waals surface area contributed by atoms with Crippen molar-refractivity contribution in [2.24, 2.45) is 0 Å². The Bertz CT molecular complexity index is 325. The van der Waals surface area contributed by atoms with E-state index >= 15 is 0 Å². The van der Waals surface area contributed by atoms with Crippen LogP contribution in [0.2, 0.25) is 0 Å². The molecule has 18 heteroatoms. The fraction of sp³-hybridized carbons (Fsp3) is 0. The molecule has 0 aliphatic heterocycles. The molecule has 0 atom stereocenters. The standard InChI is InChI=1S/C6H6O.3BF4.ClH.K.H/c7-6-4-2-1-3-5-6;3*2-1(3,4)5;;;/h1-5,7H;;;;1H;;/q;3*-1;;;. The predicted octanol–water partition coefficient (Wildman–Crippen LogP) is 5.07. The summed E-state index contributed by atoms with van der Waals surface area (Å²) in [7, 11) is -18.0. The van der Waals surface area contributed by atoms with Crippen LogP contribution in [0.25, 0.3) is 0 Å². The zero-order valence-corrected chi connectivity index (χ0v) is 11.3. The summed E-state index contributed by atoms with van der Waals surface area (Å²) in [5.74, 6) is 0.322. The number of aromatic hydroxyl groups is 1. The zero-order chi connectivity index (χ0) is 18.6. The molecule has 0 unspecified atom stereocenters. The number of hydrogen-bond donors (Lipinski definition) is 1. The number of benzene rings is 1. The summed E-state index contributed by atoms with van der Waals surface area (Å²) < 4.78 is 117. The number of phenolic OH excluding ortho intramolecular Hbond substituents is 1. The molecule has 1 nitrogen and oxygen atoms in total. The minimum absolute atomic E-state index is 0. The fourth-order valence-electron chi connectivity index (χ4n) is 0.428. The van der Waals surface area contributed by atoms with Crippen molar-refractivity contribution in [3.63, 3.8) is 0 Å². The quantitative estimate of drug-likeness (QED) is 0.450. The van der Waals surface area contributed by atoms with E-state index in [1.165, 1.54) is 0 Å². The van der Waals surface area contributed by atoms with Gasteiger partial charge in [-0.2, -0.15) is 0 Å². The van der Waals surface area contributed by atoms with Gasteiger partial charge >= 0.3 is 73.1 Å². The van der Waals surface area contributed by atoms with E-state index in [9.17, 15) is 51.8 Å². The first kappa shape index (κ1) is 35.4. The molecule has 0 amide bonds. The van der Waals surface area contributed by atoms with Crippen LogP contribution in [0.5, 0.6) is 5.75 Å². The molecule has 0 aliphatic rings. The third kappa shape index (κ3) is 147. The maximum atomic E-state index is 9.75. The van der Waals surface area contributed by atoms with Crippen LogP contribution in [-0.2, 0) is 0 Å². The second-order valence-electron chi connectivity index (χ2n) is 2.82. The molecule has 0 saturated heterocycles. The second-order valence-corrected chi connectivity index (χ2v) is 2.82. The Morgan fingerprint density at radius 2 is 0.708 bits per heavy atom. The van der Waals surface area contributed by atoms with Gasteiger partial charge in [0.15, 0.2) is 0 Å². The molecule has 0 saturated carbocycles. The molecule has 0 aromatic heterocycles. The van der Waals surface area contributed by atoms with E-state index in [2.05, 4.69) is 0 Å². The monoisotopic (exact) mass is 431 g/mol. The van der Waals surface area contributed by atoms with Crippen molar-refractivity contribution in [2.45, 2.75) is 0 Å². The van der Waals surface area contributed by atoms with Crippen LogP contribution in [0, 0.1) is 0 Å². The van der Waals surface area contributed by atoms with Gasteiger partial charge in [0.2, 0.25) is 0 Å². The molecular formula is C6H8B3ClF12KO-3. The molecule has 0 aliphatic carbocycles. The normalized spacial score (nSPS) is 10.0. The predicted molar refractivity (Wildman–Crippen MR) is 73.1 cm³/mol. The van der Waals surface area contributed by atoms with Gasteiger partial charge in [-0.05, 0) is 12.1 Å². The van der Waals surface area contributed by atoms with Crippen molar-refractivity contribution in [3.8, 4) is 5.75 Å². The molecule has 1 rings (SSSR count). The summed E-state index contributed by atoms with van der Waals surface area (Å²) in [6.45, 7) is 0. The summed E-state index contributed by atoms with van der Waals surface area (Å²) in [6, 6.07) is 8.71. The maximum absolute atomic E-state index is 9.75. The average Bonchev–Trinajstić information content (AvgIpc) is 2.09. The van der Waals surface area contributed by atoms with Gasteiger partial charge in [0.05, 0.1) is 0 Å². The van der Waals surface area contributed by atoms with Crippen LogP contribution in [0.4, 0.5) is 51.8 Å². The van der Waals surface area contributed by atoms with E-state index < -0.39 is 21.8 Å². The number of para-hydroxylation sites is 1. The molecule has 0 fully saturated rings. The Balaban J connectivity index is -0.0000000661. The first-order valence-corrected chi connectivity index (χ1v) is 4.75. The van der Waals surface area contributed by atoms with Crippen molar-refractivity contribution in [3.05, 3.63) is 30.3 Å². The van der Waals surface area contributed by atoms with Crippen LogP contribution < -0.4 is 0 Å². The van der Waals surface area contributed by atoms with Crippen molar-refractivity contribution >= 4 is 85.6 Å². The molecule has 0 spiro atoms. The molecule has 0 heterocycles. The van der Waals surface area contributed by atoms with Crippen LogP contribution >= 0.6 is 12.4 Å². The van der Waals surface area contributed by atoms with Crippen molar-refractivity contribution < 1.29 is 56.9 Å². The Morgan fingerprint density at radius 3 is 0.792 bits per heavy atom. The van der Waals surface area contributed by atoms with Gasteiger partial charge in [0.1, 0.15) is 5.75 Å². The fourth-order valence-corrected chi connectivity index (χ4v) is 0.428. The summed E-state index contributed by atoms with van der Waals surface area (Å²) in [5.41, 5.74) is 0. The number of phenols is 1. The SMILES string of the molecule is Cl.F[B-](F)(F)F.F[B-](F)(F)F.F[B-](F)(F)F.Oc1ccccc1.[KH]. The summed E-state index contributed by atoms with van der Waals surface area (Å²) >= 11 is 0. The molecule has 24 heavy (non-hydrogen) atoms.